The molecule has 1 aromatic carbocycles. The summed E-state index contributed by atoms with van der Waals surface area (Å²) in [5.41, 5.74) is 7.50. The summed E-state index contributed by atoms with van der Waals surface area (Å²) < 4.78 is 0. The van der Waals surface area contributed by atoms with Crippen molar-refractivity contribution in [1.29, 1.82) is 0 Å². The van der Waals surface area contributed by atoms with E-state index < -0.39 is 0 Å². The summed E-state index contributed by atoms with van der Waals surface area (Å²) in [5, 5.41) is 3.48. The van der Waals surface area contributed by atoms with Crippen LogP contribution in [-0.2, 0) is 6.42 Å². The van der Waals surface area contributed by atoms with E-state index in [1.807, 2.05) is 0 Å². The molecular weight excluding hydrogens is 244 g/mol. The minimum Gasteiger partial charge on any atom is -0.315 e. The third-order valence-electron chi connectivity index (χ3n) is 4.86. The van der Waals surface area contributed by atoms with E-state index in [2.05, 4.69) is 44.0 Å². The Hall–Kier alpha value is -0.860. The molecule has 2 rings (SSSR count). The molecule has 1 aromatic rings. The molecular formula is C18H30N2. The lowest BCUT2D eigenvalue weighted by atomic mass is 9.91. The highest BCUT2D eigenvalue weighted by Gasteiger charge is 2.11. The molecule has 1 fully saturated rings. The van der Waals surface area contributed by atoms with Crippen molar-refractivity contribution in [3.05, 3.63) is 33.9 Å². The second kappa shape index (κ2) is 7.24. The number of hydrogen-bond donors (Lipinski definition) is 1. The Morgan fingerprint density at radius 3 is 2.40 bits per heavy atom. The van der Waals surface area contributed by atoms with Gasteiger partial charge >= 0.3 is 0 Å². The quantitative estimate of drug-likeness (QED) is 0.907. The Kier molecular flexibility index (Phi) is 5.62. The van der Waals surface area contributed by atoms with Crippen LogP contribution in [0.2, 0.25) is 0 Å². The van der Waals surface area contributed by atoms with Crippen molar-refractivity contribution in [2.45, 2.75) is 47.0 Å². The Balaban J connectivity index is 1.93. The van der Waals surface area contributed by atoms with Gasteiger partial charge in [0.2, 0.25) is 0 Å². The molecule has 1 N–H and O–H groups in total. The van der Waals surface area contributed by atoms with Crippen LogP contribution >= 0.6 is 0 Å². The molecule has 112 valence electrons. The summed E-state index contributed by atoms with van der Waals surface area (Å²) in [7, 11) is 0. The van der Waals surface area contributed by atoms with Gasteiger partial charge < -0.3 is 10.2 Å². The minimum atomic E-state index is 1.15. The predicted molar refractivity (Wildman–Crippen MR) is 87.6 cm³/mol. The van der Waals surface area contributed by atoms with E-state index in [9.17, 15) is 0 Å². The highest BCUT2D eigenvalue weighted by molar-refractivity contribution is 5.44. The normalized spacial score (nSPS) is 17.2. The van der Waals surface area contributed by atoms with E-state index in [4.69, 9.17) is 0 Å². The van der Waals surface area contributed by atoms with Crippen LogP contribution in [-0.4, -0.2) is 37.6 Å². The Labute approximate surface area is 124 Å². The lowest BCUT2D eigenvalue weighted by Gasteiger charge is -2.20. The number of hydrogen-bond acceptors (Lipinski definition) is 2. The molecule has 0 spiro atoms. The summed E-state index contributed by atoms with van der Waals surface area (Å²) in [4.78, 5) is 2.62. The summed E-state index contributed by atoms with van der Waals surface area (Å²) in [5.74, 6) is 0. The number of benzene rings is 1. The highest BCUT2D eigenvalue weighted by atomic mass is 15.1. The Morgan fingerprint density at radius 2 is 1.70 bits per heavy atom. The van der Waals surface area contributed by atoms with Crippen LogP contribution in [0.5, 0.6) is 0 Å². The maximum atomic E-state index is 3.48. The van der Waals surface area contributed by atoms with Gasteiger partial charge in [-0.3, -0.25) is 0 Å². The lowest BCUT2D eigenvalue weighted by molar-refractivity contribution is 0.289. The van der Waals surface area contributed by atoms with Gasteiger partial charge in [-0.2, -0.15) is 0 Å². The van der Waals surface area contributed by atoms with E-state index in [0.29, 0.717) is 0 Å². The second-order valence-electron chi connectivity index (χ2n) is 6.29. The van der Waals surface area contributed by atoms with Gasteiger partial charge in [0.1, 0.15) is 0 Å². The van der Waals surface area contributed by atoms with Crippen LogP contribution in [0.4, 0.5) is 0 Å². The van der Waals surface area contributed by atoms with Crippen LogP contribution in [0, 0.1) is 27.7 Å². The summed E-state index contributed by atoms with van der Waals surface area (Å²) in [6, 6.07) is 2.33. The molecule has 1 heterocycles. The topological polar surface area (TPSA) is 15.3 Å². The molecule has 0 radical (unpaired) electrons. The van der Waals surface area contributed by atoms with E-state index in [0.717, 1.165) is 6.54 Å². The molecule has 1 saturated heterocycles. The first-order valence-electron chi connectivity index (χ1n) is 8.09. The van der Waals surface area contributed by atoms with Crippen molar-refractivity contribution in [3.8, 4) is 0 Å². The van der Waals surface area contributed by atoms with Crippen molar-refractivity contribution < 1.29 is 0 Å². The molecule has 0 amide bonds. The minimum absolute atomic E-state index is 1.15. The Morgan fingerprint density at radius 1 is 1.00 bits per heavy atom. The van der Waals surface area contributed by atoms with Gasteiger partial charge in [0, 0.05) is 13.1 Å². The van der Waals surface area contributed by atoms with E-state index in [1.54, 1.807) is 5.56 Å². The maximum Gasteiger partial charge on any atom is 0.0107 e. The van der Waals surface area contributed by atoms with Gasteiger partial charge in [-0.25, -0.2) is 0 Å². The van der Waals surface area contributed by atoms with Crippen molar-refractivity contribution in [3.63, 3.8) is 0 Å². The van der Waals surface area contributed by atoms with Crippen LogP contribution < -0.4 is 5.32 Å². The largest absolute Gasteiger partial charge is 0.315 e. The molecule has 0 unspecified atom stereocenters. The highest BCUT2D eigenvalue weighted by Crippen LogP contribution is 2.23. The van der Waals surface area contributed by atoms with E-state index in [1.165, 1.54) is 67.7 Å². The molecule has 1 aliphatic heterocycles. The molecule has 1 aliphatic rings. The van der Waals surface area contributed by atoms with Gasteiger partial charge in [0.15, 0.2) is 0 Å². The fraction of sp³-hybridized carbons (Fsp3) is 0.667. The molecule has 0 aromatic heterocycles. The number of nitrogens with one attached hydrogen (secondary N) is 1. The second-order valence-corrected chi connectivity index (χ2v) is 6.29. The third kappa shape index (κ3) is 3.83. The zero-order valence-electron chi connectivity index (χ0n) is 13.7. The van der Waals surface area contributed by atoms with Crippen LogP contribution in [0.1, 0.15) is 40.7 Å². The van der Waals surface area contributed by atoms with Gasteiger partial charge in [-0.15, -0.1) is 0 Å². The van der Waals surface area contributed by atoms with Gasteiger partial charge in [0.25, 0.3) is 0 Å². The van der Waals surface area contributed by atoms with Crippen molar-refractivity contribution >= 4 is 0 Å². The molecule has 0 atom stereocenters. The van der Waals surface area contributed by atoms with Crippen molar-refractivity contribution in [1.82, 2.24) is 10.2 Å². The van der Waals surface area contributed by atoms with E-state index >= 15 is 0 Å². The summed E-state index contributed by atoms with van der Waals surface area (Å²) in [6.07, 6.45) is 3.80. The number of nitrogens with zero attached hydrogens (tertiary/aromatic N) is 1. The smallest absolute Gasteiger partial charge is 0.0107 e. The maximum absolute atomic E-state index is 3.48. The molecule has 2 nitrogen and oxygen atoms in total. The van der Waals surface area contributed by atoms with Gasteiger partial charge in [-0.05, 0) is 94.4 Å². The zero-order valence-corrected chi connectivity index (χ0v) is 13.7. The summed E-state index contributed by atoms with van der Waals surface area (Å²) in [6.45, 7) is 15.1. The third-order valence-corrected chi connectivity index (χ3v) is 4.86. The molecule has 20 heavy (non-hydrogen) atoms. The SMILES string of the molecule is Cc1cc(C)c(C)c(CCCN2CCCNCC2)c1C. The number of rotatable bonds is 4. The lowest BCUT2D eigenvalue weighted by Crippen LogP contribution is -2.29. The first-order chi connectivity index (χ1) is 9.59. The van der Waals surface area contributed by atoms with Crippen molar-refractivity contribution in [2.24, 2.45) is 0 Å². The fourth-order valence-corrected chi connectivity index (χ4v) is 3.28. The monoisotopic (exact) mass is 274 g/mol. The first-order valence-corrected chi connectivity index (χ1v) is 8.09. The molecule has 0 saturated carbocycles. The summed E-state index contributed by atoms with van der Waals surface area (Å²) >= 11 is 0. The molecule has 0 bridgehead atoms. The van der Waals surface area contributed by atoms with Crippen LogP contribution in [0.15, 0.2) is 6.07 Å². The van der Waals surface area contributed by atoms with Crippen molar-refractivity contribution in [2.75, 3.05) is 32.7 Å². The van der Waals surface area contributed by atoms with Gasteiger partial charge in [0.05, 0.1) is 0 Å². The Bertz CT molecular complexity index is 417. The average molecular weight is 274 g/mol. The van der Waals surface area contributed by atoms with Crippen LogP contribution in [0.25, 0.3) is 0 Å². The van der Waals surface area contributed by atoms with Gasteiger partial charge in [-0.1, -0.05) is 6.07 Å². The van der Waals surface area contributed by atoms with Crippen LogP contribution in [0.3, 0.4) is 0 Å². The fourth-order valence-electron chi connectivity index (χ4n) is 3.28. The standard InChI is InChI=1S/C18H30N2/c1-14-13-15(2)17(4)18(16(14)3)7-5-10-20-11-6-8-19-9-12-20/h13,19H,5-12H2,1-4H3. The molecule has 2 heteroatoms. The first kappa shape index (κ1) is 15.5. The predicted octanol–water partition coefficient (Wildman–Crippen LogP) is 3.15. The van der Waals surface area contributed by atoms with E-state index in [-0.39, 0.29) is 0 Å². The average Bonchev–Trinajstić information content (AvgIpc) is 2.69. The molecule has 0 aliphatic carbocycles. The zero-order chi connectivity index (χ0) is 14.5. The number of aryl methyl sites for hydroxylation is 2.